The molecular formula is C17H14F4N4O. The third-order valence-electron chi connectivity index (χ3n) is 3.55. The van der Waals surface area contributed by atoms with E-state index in [0.717, 1.165) is 0 Å². The van der Waals surface area contributed by atoms with E-state index in [1.807, 2.05) is 0 Å². The summed E-state index contributed by atoms with van der Waals surface area (Å²) in [6.45, 7) is 0.325. The maximum absolute atomic E-state index is 12.4. The van der Waals surface area contributed by atoms with Gasteiger partial charge in [-0.05, 0) is 17.7 Å². The average Bonchev–Trinajstić information content (AvgIpc) is 2.60. The van der Waals surface area contributed by atoms with Crippen LogP contribution in [-0.4, -0.2) is 30.5 Å². The van der Waals surface area contributed by atoms with E-state index in [1.165, 1.54) is 12.1 Å². The number of pyridine rings is 1. The SMILES string of the molecule is C=c1ncc2c(c1-c1ccc(OC(F)F)cc1)NC(=NCC(F)F)NC=2. The van der Waals surface area contributed by atoms with Crippen molar-refractivity contribution in [2.75, 3.05) is 11.9 Å². The van der Waals surface area contributed by atoms with Crippen LogP contribution < -0.4 is 25.9 Å². The number of aromatic nitrogens is 1. The lowest BCUT2D eigenvalue weighted by molar-refractivity contribution is -0.0498. The minimum atomic E-state index is -2.91. The highest BCUT2D eigenvalue weighted by Gasteiger charge is 2.15. The van der Waals surface area contributed by atoms with Gasteiger partial charge >= 0.3 is 6.61 Å². The van der Waals surface area contributed by atoms with Gasteiger partial charge in [0, 0.05) is 23.2 Å². The quantitative estimate of drug-likeness (QED) is 0.796. The Morgan fingerprint density at radius 3 is 2.54 bits per heavy atom. The molecule has 0 spiro atoms. The van der Waals surface area contributed by atoms with Crippen molar-refractivity contribution in [3.8, 4) is 16.9 Å². The molecule has 5 nitrogen and oxygen atoms in total. The van der Waals surface area contributed by atoms with Crippen molar-refractivity contribution in [2.24, 2.45) is 4.99 Å². The third kappa shape index (κ3) is 3.93. The number of fused-ring (bicyclic) bond motifs is 1. The van der Waals surface area contributed by atoms with E-state index in [1.54, 1.807) is 24.5 Å². The van der Waals surface area contributed by atoms with Crippen molar-refractivity contribution in [2.45, 2.75) is 13.0 Å². The molecular weight excluding hydrogens is 352 g/mol. The molecule has 2 aromatic rings. The largest absolute Gasteiger partial charge is 0.435 e. The van der Waals surface area contributed by atoms with Crippen LogP contribution in [0.4, 0.5) is 23.2 Å². The van der Waals surface area contributed by atoms with E-state index < -0.39 is 19.6 Å². The van der Waals surface area contributed by atoms with Crippen molar-refractivity contribution in [3.05, 3.63) is 41.0 Å². The summed E-state index contributed by atoms with van der Waals surface area (Å²) < 4.78 is 53.6. The van der Waals surface area contributed by atoms with Crippen LogP contribution in [0.25, 0.3) is 23.9 Å². The number of nitrogens with one attached hydrogen (secondary N) is 2. The number of hydrogen-bond acceptors (Lipinski definition) is 3. The van der Waals surface area contributed by atoms with E-state index in [4.69, 9.17) is 0 Å². The van der Waals surface area contributed by atoms with Crippen LogP contribution in [0.1, 0.15) is 0 Å². The number of guanidine groups is 1. The highest BCUT2D eigenvalue weighted by atomic mass is 19.3. The summed E-state index contributed by atoms with van der Waals surface area (Å²) in [5.74, 6) is 0.190. The standard InChI is InChI=1S/C17H14F4N4O/c1-9-14(10-2-4-12(5-3-10)26-16(20)21)15-11(6-22-9)7-23-17(25-15)24-8-13(18)19/h2-7,13,16H,1,8H2,(H2,23,24,25). The summed E-state index contributed by atoms with van der Waals surface area (Å²) in [5.41, 5.74) is 1.84. The van der Waals surface area contributed by atoms with Crippen LogP contribution in [0.2, 0.25) is 0 Å². The van der Waals surface area contributed by atoms with Gasteiger partial charge in [-0.2, -0.15) is 8.78 Å². The Kier molecular flexibility index (Phi) is 5.06. The van der Waals surface area contributed by atoms with E-state index >= 15 is 0 Å². The zero-order chi connectivity index (χ0) is 18.7. The van der Waals surface area contributed by atoms with Gasteiger partial charge in [-0.1, -0.05) is 18.7 Å². The minimum absolute atomic E-state index is 0.0208. The topological polar surface area (TPSA) is 58.5 Å². The fraction of sp³-hybridized carbons (Fsp3) is 0.176. The van der Waals surface area contributed by atoms with Gasteiger partial charge in [0.05, 0.1) is 11.0 Å². The first-order valence-corrected chi connectivity index (χ1v) is 7.53. The number of aliphatic imine (C=N–C) groups is 1. The molecule has 3 rings (SSSR count). The molecule has 1 aromatic heterocycles. The Labute approximate surface area is 145 Å². The van der Waals surface area contributed by atoms with Crippen molar-refractivity contribution < 1.29 is 22.3 Å². The van der Waals surface area contributed by atoms with Crippen LogP contribution >= 0.6 is 0 Å². The molecule has 2 N–H and O–H groups in total. The smallest absolute Gasteiger partial charge is 0.387 e. The second kappa shape index (κ2) is 7.42. The Morgan fingerprint density at radius 2 is 1.88 bits per heavy atom. The summed E-state index contributed by atoms with van der Waals surface area (Å²) in [5, 5.41) is 6.84. The molecule has 0 atom stereocenters. The van der Waals surface area contributed by atoms with Gasteiger partial charge in [0.15, 0.2) is 5.96 Å². The second-order valence-electron chi connectivity index (χ2n) is 5.31. The predicted octanol–water partition coefficient (Wildman–Crippen LogP) is 2.13. The molecule has 1 aliphatic heterocycles. The molecule has 0 aliphatic carbocycles. The normalized spacial score (nSPS) is 14.6. The Balaban J connectivity index is 1.99. The number of nitrogens with zero attached hydrogens (tertiary/aromatic N) is 2. The first-order chi connectivity index (χ1) is 12.4. The van der Waals surface area contributed by atoms with Gasteiger partial charge < -0.3 is 15.4 Å². The van der Waals surface area contributed by atoms with Crippen LogP contribution in [0, 0.1) is 0 Å². The average molecular weight is 366 g/mol. The molecule has 0 bridgehead atoms. The third-order valence-corrected chi connectivity index (χ3v) is 3.55. The lowest BCUT2D eigenvalue weighted by Gasteiger charge is -2.19. The molecule has 0 amide bonds. The molecule has 0 fully saturated rings. The molecule has 0 saturated heterocycles. The minimum Gasteiger partial charge on any atom is -0.435 e. The van der Waals surface area contributed by atoms with Gasteiger partial charge in [-0.3, -0.25) is 4.98 Å². The zero-order valence-corrected chi connectivity index (χ0v) is 13.3. The van der Waals surface area contributed by atoms with Gasteiger partial charge in [0.25, 0.3) is 6.43 Å². The first-order valence-electron chi connectivity index (χ1n) is 7.53. The Morgan fingerprint density at radius 1 is 1.15 bits per heavy atom. The number of halogens is 4. The number of benzene rings is 1. The first kappa shape index (κ1) is 17.7. The highest BCUT2D eigenvalue weighted by molar-refractivity contribution is 6.01. The fourth-order valence-corrected chi connectivity index (χ4v) is 2.47. The van der Waals surface area contributed by atoms with Gasteiger partial charge in [0.1, 0.15) is 12.3 Å². The zero-order valence-electron chi connectivity index (χ0n) is 13.3. The molecule has 0 saturated carbocycles. The molecule has 9 heteroatoms. The van der Waals surface area contributed by atoms with E-state index in [9.17, 15) is 17.6 Å². The van der Waals surface area contributed by atoms with Crippen LogP contribution in [0.3, 0.4) is 0 Å². The van der Waals surface area contributed by atoms with Crippen molar-refractivity contribution in [3.63, 3.8) is 0 Å². The van der Waals surface area contributed by atoms with E-state index in [-0.39, 0.29) is 11.7 Å². The molecule has 1 aromatic carbocycles. The maximum Gasteiger partial charge on any atom is 0.387 e. The van der Waals surface area contributed by atoms with Gasteiger partial charge in [-0.15, -0.1) is 0 Å². The predicted molar refractivity (Wildman–Crippen MR) is 90.6 cm³/mol. The molecule has 1 aliphatic rings. The number of rotatable bonds is 5. The summed E-state index contributed by atoms with van der Waals surface area (Å²) in [6.07, 6.45) is 0.592. The number of alkyl halides is 4. The van der Waals surface area contributed by atoms with E-state index in [0.29, 0.717) is 27.4 Å². The summed E-state index contributed by atoms with van der Waals surface area (Å²) in [7, 11) is 0. The summed E-state index contributed by atoms with van der Waals surface area (Å²) in [4.78, 5) is 7.97. The molecule has 136 valence electrons. The van der Waals surface area contributed by atoms with Gasteiger partial charge in [0.2, 0.25) is 0 Å². The summed E-state index contributed by atoms with van der Waals surface area (Å²) in [6, 6.07) is 5.97. The second-order valence-corrected chi connectivity index (χ2v) is 5.31. The van der Waals surface area contributed by atoms with E-state index in [2.05, 4.69) is 31.9 Å². The van der Waals surface area contributed by atoms with Crippen LogP contribution in [-0.2, 0) is 0 Å². The number of anilines is 1. The molecule has 0 radical (unpaired) electrons. The van der Waals surface area contributed by atoms with Crippen molar-refractivity contribution in [1.82, 2.24) is 10.3 Å². The van der Waals surface area contributed by atoms with Crippen molar-refractivity contribution >= 4 is 24.4 Å². The van der Waals surface area contributed by atoms with Crippen LogP contribution in [0.15, 0.2) is 35.5 Å². The molecule has 0 unspecified atom stereocenters. The summed E-state index contributed by atoms with van der Waals surface area (Å²) >= 11 is 0. The lowest BCUT2D eigenvalue weighted by atomic mass is 10.0. The number of ether oxygens (including phenoxy) is 1. The molecule has 2 heterocycles. The maximum atomic E-state index is 12.4. The molecule has 26 heavy (non-hydrogen) atoms. The lowest BCUT2D eigenvalue weighted by Crippen LogP contribution is -2.38. The fourth-order valence-electron chi connectivity index (χ4n) is 2.47. The monoisotopic (exact) mass is 366 g/mol. The number of hydrogen-bond donors (Lipinski definition) is 2. The Bertz CT molecular complexity index is 929. The highest BCUT2D eigenvalue weighted by Crippen LogP contribution is 2.25. The Hall–Kier alpha value is -3.10. The van der Waals surface area contributed by atoms with Gasteiger partial charge in [-0.25, -0.2) is 13.8 Å². The van der Waals surface area contributed by atoms with Crippen LogP contribution in [0.5, 0.6) is 5.75 Å². The van der Waals surface area contributed by atoms with Crippen molar-refractivity contribution in [1.29, 1.82) is 0 Å².